The van der Waals surface area contributed by atoms with E-state index >= 15 is 0 Å². The van der Waals surface area contributed by atoms with Gasteiger partial charge in [-0.2, -0.15) is 0 Å². The topological polar surface area (TPSA) is 21.3 Å². The van der Waals surface area contributed by atoms with E-state index in [0.29, 0.717) is 0 Å². The van der Waals surface area contributed by atoms with Gasteiger partial charge in [-0.05, 0) is 24.1 Å². The Morgan fingerprint density at radius 2 is 2.29 bits per heavy atom. The molecule has 2 rings (SSSR count). The molecule has 0 radical (unpaired) electrons. The smallest absolute Gasteiger partial charge is 0.129 e. The molecule has 0 aliphatic carbocycles. The first-order chi connectivity index (χ1) is 8.26. The Hall–Kier alpha value is -0.550. The summed E-state index contributed by atoms with van der Waals surface area (Å²) >= 11 is 9.57. The number of hydrogen-bond acceptors (Lipinski definition) is 4. The van der Waals surface area contributed by atoms with Crippen LogP contribution in [0.15, 0.2) is 22.9 Å². The van der Waals surface area contributed by atoms with Gasteiger partial charge < -0.3 is 10.1 Å². The van der Waals surface area contributed by atoms with E-state index in [9.17, 15) is 0 Å². The summed E-state index contributed by atoms with van der Waals surface area (Å²) < 4.78 is 5.22. The minimum absolute atomic E-state index is 0.168. The number of hydrogen-bond donors (Lipinski definition) is 1. The van der Waals surface area contributed by atoms with Crippen LogP contribution in [0, 0.1) is 0 Å². The summed E-state index contributed by atoms with van der Waals surface area (Å²) in [6.45, 7) is 3.00. The molecule has 0 saturated heterocycles. The van der Waals surface area contributed by atoms with Gasteiger partial charge >= 0.3 is 0 Å². The van der Waals surface area contributed by atoms with Crippen LogP contribution in [0.4, 0.5) is 0 Å². The summed E-state index contributed by atoms with van der Waals surface area (Å²) in [5.41, 5.74) is 0. The SMILES string of the molecule is CCNC(c1cc(OC)cs1)c1sccc1Cl. The first-order valence-electron chi connectivity index (χ1n) is 5.35. The lowest BCUT2D eigenvalue weighted by molar-refractivity contribution is 0.416. The van der Waals surface area contributed by atoms with Crippen LogP contribution in [0.1, 0.15) is 22.7 Å². The Kier molecular flexibility index (Phi) is 4.45. The third-order valence-electron chi connectivity index (χ3n) is 2.43. The molecule has 0 aromatic carbocycles. The van der Waals surface area contributed by atoms with Gasteiger partial charge in [-0.25, -0.2) is 0 Å². The molecule has 2 aromatic rings. The fourth-order valence-corrected chi connectivity index (χ4v) is 3.90. The van der Waals surface area contributed by atoms with Gasteiger partial charge in [-0.1, -0.05) is 18.5 Å². The van der Waals surface area contributed by atoms with Crippen LogP contribution in [0.3, 0.4) is 0 Å². The van der Waals surface area contributed by atoms with Gasteiger partial charge in [0.25, 0.3) is 0 Å². The number of halogens is 1. The molecule has 0 fully saturated rings. The quantitative estimate of drug-likeness (QED) is 0.891. The molecule has 0 amide bonds. The van der Waals surface area contributed by atoms with Crippen molar-refractivity contribution in [3.05, 3.63) is 37.7 Å². The molecular weight excluding hydrogens is 274 g/mol. The van der Waals surface area contributed by atoms with Crippen molar-refractivity contribution in [1.82, 2.24) is 5.32 Å². The van der Waals surface area contributed by atoms with Crippen molar-refractivity contribution in [3.8, 4) is 5.75 Å². The Labute approximate surface area is 114 Å². The summed E-state index contributed by atoms with van der Waals surface area (Å²) in [4.78, 5) is 2.39. The molecule has 0 spiro atoms. The van der Waals surface area contributed by atoms with Crippen molar-refractivity contribution in [3.63, 3.8) is 0 Å². The van der Waals surface area contributed by atoms with Gasteiger partial charge in [0, 0.05) is 15.1 Å². The lowest BCUT2D eigenvalue weighted by Crippen LogP contribution is -2.20. The number of nitrogens with one attached hydrogen (secondary N) is 1. The van der Waals surface area contributed by atoms with Crippen molar-refractivity contribution in [2.24, 2.45) is 0 Å². The van der Waals surface area contributed by atoms with E-state index in [2.05, 4.69) is 18.3 Å². The van der Waals surface area contributed by atoms with Crippen LogP contribution in [-0.2, 0) is 0 Å². The third kappa shape index (κ3) is 2.83. The Morgan fingerprint density at radius 3 is 2.82 bits per heavy atom. The summed E-state index contributed by atoms with van der Waals surface area (Å²) in [6.07, 6.45) is 0. The molecular formula is C12H14ClNOS2. The highest BCUT2D eigenvalue weighted by atomic mass is 35.5. The molecule has 0 bridgehead atoms. The van der Waals surface area contributed by atoms with E-state index in [1.54, 1.807) is 29.8 Å². The van der Waals surface area contributed by atoms with E-state index in [0.717, 1.165) is 22.2 Å². The fourth-order valence-electron chi connectivity index (χ4n) is 1.63. The van der Waals surface area contributed by atoms with Crippen LogP contribution in [0.2, 0.25) is 5.02 Å². The molecule has 2 heterocycles. The molecule has 1 unspecified atom stereocenters. The zero-order valence-electron chi connectivity index (χ0n) is 9.70. The standard InChI is InChI=1S/C12H14ClNOS2/c1-3-14-11(12-9(13)4-5-16-12)10-6-8(15-2)7-17-10/h4-7,11,14H,3H2,1-2H3. The van der Waals surface area contributed by atoms with E-state index in [1.807, 2.05) is 16.8 Å². The van der Waals surface area contributed by atoms with Crippen molar-refractivity contribution in [2.45, 2.75) is 13.0 Å². The molecule has 17 heavy (non-hydrogen) atoms. The van der Waals surface area contributed by atoms with Gasteiger partial charge in [0.05, 0.1) is 18.2 Å². The zero-order valence-corrected chi connectivity index (χ0v) is 12.1. The summed E-state index contributed by atoms with van der Waals surface area (Å²) in [7, 11) is 1.69. The monoisotopic (exact) mass is 287 g/mol. The zero-order chi connectivity index (χ0) is 12.3. The van der Waals surface area contributed by atoms with Crippen LogP contribution in [-0.4, -0.2) is 13.7 Å². The predicted octanol–water partition coefficient (Wildman–Crippen LogP) is 4.17. The predicted molar refractivity (Wildman–Crippen MR) is 75.7 cm³/mol. The van der Waals surface area contributed by atoms with E-state index in [4.69, 9.17) is 16.3 Å². The van der Waals surface area contributed by atoms with E-state index in [1.165, 1.54) is 4.88 Å². The van der Waals surface area contributed by atoms with Crippen LogP contribution in [0.5, 0.6) is 5.75 Å². The van der Waals surface area contributed by atoms with Gasteiger partial charge in [-0.15, -0.1) is 22.7 Å². The van der Waals surface area contributed by atoms with Gasteiger partial charge in [0.2, 0.25) is 0 Å². The number of methoxy groups -OCH3 is 1. The Bertz CT molecular complexity index is 480. The van der Waals surface area contributed by atoms with Crippen molar-refractivity contribution in [1.29, 1.82) is 0 Å². The molecule has 2 aromatic heterocycles. The van der Waals surface area contributed by atoms with E-state index < -0.39 is 0 Å². The Balaban J connectivity index is 2.32. The van der Waals surface area contributed by atoms with Crippen LogP contribution in [0.25, 0.3) is 0 Å². The molecule has 1 atom stereocenters. The maximum atomic E-state index is 6.20. The minimum Gasteiger partial charge on any atom is -0.496 e. The highest BCUT2D eigenvalue weighted by Crippen LogP contribution is 2.36. The minimum atomic E-state index is 0.168. The number of thiophene rings is 2. The first kappa shape index (κ1) is 12.9. The number of ether oxygens (including phenoxy) is 1. The van der Waals surface area contributed by atoms with Crippen molar-refractivity contribution < 1.29 is 4.74 Å². The maximum absolute atomic E-state index is 6.20. The second-order valence-electron chi connectivity index (χ2n) is 3.51. The maximum Gasteiger partial charge on any atom is 0.129 e. The average Bonchev–Trinajstić information content (AvgIpc) is 2.95. The lowest BCUT2D eigenvalue weighted by atomic mass is 10.2. The molecule has 0 aliphatic rings. The normalized spacial score (nSPS) is 12.6. The molecule has 2 nitrogen and oxygen atoms in total. The molecule has 5 heteroatoms. The highest BCUT2D eigenvalue weighted by Gasteiger charge is 2.19. The summed E-state index contributed by atoms with van der Waals surface area (Å²) in [6, 6.07) is 4.17. The van der Waals surface area contributed by atoms with Gasteiger partial charge in [-0.3, -0.25) is 0 Å². The third-order valence-corrected chi connectivity index (χ3v) is 4.83. The summed E-state index contributed by atoms with van der Waals surface area (Å²) in [5.74, 6) is 0.903. The second-order valence-corrected chi connectivity index (χ2v) is 5.81. The average molecular weight is 288 g/mol. The fraction of sp³-hybridized carbons (Fsp3) is 0.333. The first-order valence-corrected chi connectivity index (χ1v) is 7.48. The number of rotatable bonds is 5. The second kappa shape index (κ2) is 5.87. The molecule has 0 aliphatic heterocycles. The van der Waals surface area contributed by atoms with Crippen molar-refractivity contribution in [2.75, 3.05) is 13.7 Å². The van der Waals surface area contributed by atoms with Gasteiger partial charge in [0.1, 0.15) is 5.75 Å². The van der Waals surface area contributed by atoms with Gasteiger partial charge in [0.15, 0.2) is 0 Å². The van der Waals surface area contributed by atoms with Crippen LogP contribution >= 0.6 is 34.3 Å². The molecule has 0 saturated carbocycles. The highest BCUT2D eigenvalue weighted by molar-refractivity contribution is 7.12. The van der Waals surface area contributed by atoms with Crippen molar-refractivity contribution >= 4 is 34.3 Å². The largest absolute Gasteiger partial charge is 0.496 e. The lowest BCUT2D eigenvalue weighted by Gasteiger charge is -2.15. The van der Waals surface area contributed by atoms with Crippen LogP contribution < -0.4 is 10.1 Å². The molecule has 92 valence electrons. The summed E-state index contributed by atoms with van der Waals surface area (Å²) in [5, 5.41) is 8.32. The molecule has 1 N–H and O–H groups in total. The van der Waals surface area contributed by atoms with E-state index in [-0.39, 0.29) is 6.04 Å². The Morgan fingerprint density at radius 1 is 1.47 bits per heavy atom.